The summed E-state index contributed by atoms with van der Waals surface area (Å²) in [4.78, 5) is 0. The Morgan fingerprint density at radius 3 is 2.68 bits per heavy atom. The van der Waals surface area contributed by atoms with Crippen LogP contribution in [0.4, 0.5) is 0 Å². The molecule has 4 nitrogen and oxygen atoms in total. The molecule has 0 bridgehead atoms. The molecule has 1 atom stereocenters. The lowest BCUT2D eigenvalue weighted by molar-refractivity contribution is 0.545. The summed E-state index contributed by atoms with van der Waals surface area (Å²) in [5, 5.41) is 5.17. The Morgan fingerprint density at radius 2 is 2.05 bits per heavy atom. The SMILES string of the molecule is CCCNCc1csc(S(=O)(=O)NC(C)CCC)c1. The Labute approximate surface area is 120 Å². The van der Waals surface area contributed by atoms with Crippen LogP contribution < -0.4 is 10.0 Å². The number of hydrogen-bond acceptors (Lipinski definition) is 4. The molecule has 0 aliphatic rings. The minimum Gasteiger partial charge on any atom is -0.313 e. The molecule has 0 aliphatic heterocycles. The predicted octanol–water partition coefficient (Wildman–Crippen LogP) is 2.71. The highest BCUT2D eigenvalue weighted by atomic mass is 32.2. The third-order valence-electron chi connectivity index (χ3n) is 2.73. The van der Waals surface area contributed by atoms with E-state index in [0.717, 1.165) is 37.9 Å². The number of rotatable bonds is 9. The lowest BCUT2D eigenvalue weighted by Gasteiger charge is -2.11. The first-order valence-corrected chi connectivity index (χ1v) is 9.16. The molecule has 0 saturated heterocycles. The molecule has 2 N–H and O–H groups in total. The number of nitrogens with one attached hydrogen (secondary N) is 2. The summed E-state index contributed by atoms with van der Waals surface area (Å²) < 4.78 is 27.4. The Hall–Kier alpha value is -0.430. The van der Waals surface area contributed by atoms with Gasteiger partial charge in [0, 0.05) is 12.6 Å². The van der Waals surface area contributed by atoms with E-state index in [9.17, 15) is 8.42 Å². The van der Waals surface area contributed by atoms with Gasteiger partial charge in [-0.2, -0.15) is 0 Å². The van der Waals surface area contributed by atoms with Gasteiger partial charge in [0.05, 0.1) is 0 Å². The van der Waals surface area contributed by atoms with Crippen molar-refractivity contribution in [2.24, 2.45) is 0 Å². The fraction of sp³-hybridized carbons (Fsp3) is 0.692. The van der Waals surface area contributed by atoms with E-state index in [1.807, 2.05) is 19.2 Å². The monoisotopic (exact) mass is 304 g/mol. The van der Waals surface area contributed by atoms with E-state index in [0.29, 0.717) is 4.21 Å². The van der Waals surface area contributed by atoms with Crippen LogP contribution in [0, 0.1) is 0 Å². The molecule has 0 aromatic carbocycles. The molecule has 0 amide bonds. The van der Waals surface area contributed by atoms with Crippen LogP contribution in [-0.2, 0) is 16.6 Å². The Morgan fingerprint density at radius 1 is 1.32 bits per heavy atom. The molecule has 19 heavy (non-hydrogen) atoms. The molecule has 1 heterocycles. The fourth-order valence-corrected chi connectivity index (χ4v) is 4.32. The van der Waals surface area contributed by atoms with Crippen molar-refractivity contribution in [1.82, 2.24) is 10.0 Å². The molecule has 6 heteroatoms. The van der Waals surface area contributed by atoms with Crippen LogP contribution in [0.1, 0.15) is 45.6 Å². The van der Waals surface area contributed by atoms with Gasteiger partial charge in [-0.05, 0) is 43.3 Å². The van der Waals surface area contributed by atoms with Gasteiger partial charge in [-0.3, -0.25) is 0 Å². The maximum Gasteiger partial charge on any atom is 0.250 e. The molecule has 1 aromatic rings. The van der Waals surface area contributed by atoms with Crippen LogP contribution in [-0.4, -0.2) is 21.0 Å². The first-order valence-electron chi connectivity index (χ1n) is 6.80. The molecule has 1 rings (SSSR count). The van der Waals surface area contributed by atoms with E-state index in [4.69, 9.17) is 0 Å². The van der Waals surface area contributed by atoms with E-state index in [-0.39, 0.29) is 6.04 Å². The van der Waals surface area contributed by atoms with Crippen molar-refractivity contribution in [2.75, 3.05) is 6.54 Å². The Balaban J connectivity index is 2.63. The third kappa shape index (κ3) is 5.60. The average Bonchev–Trinajstić information content (AvgIpc) is 2.78. The van der Waals surface area contributed by atoms with Gasteiger partial charge in [0.1, 0.15) is 4.21 Å². The Bertz CT molecular complexity index is 469. The second-order valence-electron chi connectivity index (χ2n) is 4.76. The highest BCUT2D eigenvalue weighted by Gasteiger charge is 2.18. The zero-order valence-electron chi connectivity index (χ0n) is 11.9. The maximum atomic E-state index is 12.1. The van der Waals surface area contributed by atoms with Gasteiger partial charge in [-0.25, -0.2) is 13.1 Å². The zero-order chi connectivity index (χ0) is 14.3. The van der Waals surface area contributed by atoms with Gasteiger partial charge in [-0.15, -0.1) is 11.3 Å². The summed E-state index contributed by atoms with van der Waals surface area (Å²) in [6, 6.07) is 1.74. The van der Waals surface area contributed by atoms with Crippen molar-refractivity contribution in [2.45, 2.75) is 56.8 Å². The van der Waals surface area contributed by atoms with E-state index < -0.39 is 10.0 Å². The van der Waals surface area contributed by atoms with Crippen molar-refractivity contribution < 1.29 is 8.42 Å². The summed E-state index contributed by atoms with van der Waals surface area (Å²) in [6.45, 7) is 7.73. The number of thiophene rings is 1. The first kappa shape index (κ1) is 16.6. The second-order valence-corrected chi connectivity index (χ2v) is 7.61. The van der Waals surface area contributed by atoms with Crippen molar-refractivity contribution in [3.8, 4) is 0 Å². The highest BCUT2D eigenvalue weighted by Crippen LogP contribution is 2.20. The summed E-state index contributed by atoms with van der Waals surface area (Å²) in [5.41, 5.74) is 1.03. The molecule has 1 aromatic heterocycles. The summed E-state index contributed by atoms with van der Waals surface area (Å²) in [6.07, 6.45) is 2.90. The van der Waals surface area contributed by atoms with Crippen molar-refractivity contribution in [3.05, 3.63) is 17.0 Å². The van der Waals surface area contributed by atoms with Gasteiger partial charge >= 0.3 is 0 Å². The van der Waals surface area contributed by atoms with E-state index >= 15 is 0 Å². The fourth-order valence-electron chi connectivity index (χ4n) is 1.81. The normalized spacial score (nSPS) is 13.6. The minimum atomic E-state index is -3.35. The average molecular weight is 304 g/mol. The summed E-state index contributed by atoms with van der Waals surface area (Å²) >= 11 is 1.28. The highest BCUT2D eigenvalue weighted by molar-refractivity contribution is 7.91. The molecule has 0 radical (unpaired) electrons. The van der Waals surface area contributed by atoms with Gasteiger partial charge < -0.3 is 5.32 Å². The molecule has 0 spiro atoms. The van der Waals surface area contributed by atoms with Gasteiger partial charge in [-0.1, -0.05) is 20.3 Å². The quantitative estimate of drug-likeness (QED) is 0.690. The molecule has 0 saturated carbocycles. The first-order chi connectivity index (χ1) is 8.99. The zero-order valence-corrected chi connectivity index (χ0v) is 13.5. The van der Waals surface area contributed by atoms with E-state index in [2.05, 4.69) is 17.0 Å². The maximum absolute atomic E-state index is 12.1. The van der Waals surface area contributed by atoms with E-state index in [1.165, 1.54) is 11.3 Å². The van der Waals surface area contributed by atoms with Crippen LogP contribution in [0.5, 0.6) is 0 Å². The van der Waals surface area contributed by atoms with Gasteiger partial charge in [0.25, 0.3) is 0 Å². The Kier molecular flexibility index (Phi) is 6.99. The van der Waals surface area contributed by atoms with Crippen LogP contribution in [0.15, 0.2) is 15.7 Å². The molecule has 1 unspecified atom stereocenters. The second kappa shape index (κ2) is 7.99. The summed E-state index contributed by atoms with van der Waals surface area (Å²) in [5.74, 6) is 0. The van der Waals surface area contributed by atoms with Crippen molar-refractivity contribution in [3.63, 3.8) is 0 Å². The van der Waals surface area contributed by atoms with E-state index in [1.54, 1.807) is 6.07 Å². The standard InChI is InChI=1S/C13H24N2O2S2/c1-4-6-11(3)15-19(16,17)13-8-12(10-18-13)9-14-7-5-2/h8,10-11,14-15H,4-7,9H2,1-3H3. The van der Waals surface area contributed by atoms with Crippen LogP contribution in [0.3, 0.4) is 0 Å². The number of hydrogen-bond donors (Lipinski definition) is 2. The number of sulfonamides is 1. The van der Waals surface area contributed by atoms with Gasteiger partial charge in [0.15, 0.2) is 0 Å². The van der Waals surface area contributed by atoms with Crippen LogP contribution >= 0.6 is 11.3 Å². The molecular weight excluding hydrogens is 280 g/mol. The minimum absolute atomic E-state index is 0.0150. The molecule has 0 fully saturated rings. The predicted molar refractivity (Wildman–Crippen MR) is 81.0 cm³/mol. The molecular formula is C13H24N2O2S2. The molecule has 0 aliphatic carbocycles. The topological polar surface area (TPSA) is 58.2 Å². The third-order valence-corrected chi connectivity index (χ3v) is 5.81. The smallest absolute Gasteiger partial charge is 0.250 e. The summed E-state index contributed by atoms with van der Waals surface area (Å²) in [7, 11) is -3.35. The van der Waals surface area contributed by atoms with Crippen molar-refractivity contribution >= 4 is 21.4 Å². The van der Waals surface area contributed by atoms with Crippen molar-refractivity contribution in [1.29, 1.82) is 0 Å². The van der Waals surface area contributed by atoms with Crippen LogP contribution in [0.25, 0.3) is 0 Å². The molecule has 110 valence electrons. The van der Waals surface area contributed by atoms with Gasteiger partial charge in [0.2, 0.25) is 10.0 Å². The van der Waals surface area contributed by atoms with Crippen LogP contribution in [0.2, 0.25) is 0 Å². The largest absolute Gasteiger partial charge is 0.313 e. The lowest BCUT2D eigenvalue weighted by Crippen LogP contribution is -2.31. The lowest BCUT2D eigenvalue weighted by atomic mass is 10.2.